The summed E-state index contributed by atoms with van der Waals surface area (Å²) < 4.78 is 39.0. The molecule has 27 heavy (non-hydrogen) atoms. The van der Waals surface area contributed by atoms with Crippen LogP contribution in [0, 0.1) is 0 Å². The summed E-state index contributed by atoms with van der Waals surface area (Å²) in [7, 11) is 0. The van der Waals surface area contributed by atoms with Crippen LogP contribution < -0.4 is 16.4 Å². The minimum absolute atomic E-state index is 0.223. The number of rotatable bonds is 7. The first-order chi connectivity index (χ1) is 12.8. The summed E-state index contributed by atoms with van der Waals surface area (Å²) in [6.07, 6.45) is -6.19. The Labute approximate surface area is 155 Å². The molecule has 1 unspecified atom stereocenters. The zero-order valence-corrected chi connectivity index (χ0v) is 14.5. The van der Waals surface area contributed by atoms with Crippen LogP contribution in [-0.2, 0) is 0 Å². The zero-order chi connectivity index (χ0) is 19.9. The number of amides is 2. The second kappa shape index (κ2) is 9.38. The molecule has 0 radical (unpaired) electrons. The highest BCUT2D eigenvalue weighted by molar-refractivity contribution is 5.75. The lowest BCUT2D eigenvalue weighted by atomic mass is 9.96. The number of hydrogen-bond donors (Lipinski definition) is 4. The van der Waals surface area contributed by atoms with Crippen LogP contribution in [0.25, 0.3) is 0 Å². The summed E-state index contributed by atoms with van der Waals surface area (Å²) in [6.45, 7) is -0.223. The average Bonchev–Trinajstić information content (AvgIpc) is 2.66. The Bertz CT molecular complexity index is 711. The third kappa shape index (κ3) is 5.97. The molecule has 0 aromatic heterocycles. The Hall–Kier alpha value is -2.58. The molecule has 0 saturated heterocycles. The molecule has 5 nitrogen and oxygen atoms in total. The van der Waals surface area contributed by atoms with Crippen molar-refractivity contribution in [3.63, 3.8) is 0 Å². The van der Waals surface area contributed by atoms with Crippen LogP contribution in [0.5, 0.6) is 0 Å². The van der Waals surface area contributed by atoms with E-state index in [0.29, 0.717) is 11.1 Å². The van der Waals surface area contributed by atoms with Gasteiger partial charge in [0.2, 0.25) is 0 Å². The summed E-state index contributed by atoms with van der Waals surface area (Å²) >= 11 is 0. The maximum atomic E-state index is 13.0. The number of nitrogens with two attached hydrogens (primary N) is 1. The lowest BCUT2D eigenvalue weighted by Gasteiger charge is -2.27. The minimum Gasteiger partial charge on any atom is -0.386 e. The van der Waals surface area contributed by atoms with Crippen molar-refractivity contribution in [2.45, 2.75) is 30.8 Å². The molecule has 0 saturated carbocycles. The van der Waals surface area contributed by atoms with Crippen molar-refractivity contribution < 1.29 is 23.1 Å². The number of halogens is 3. The Morgan fingerprint density at radius 1 is 0.963 bits per heavy atom. The van der Waals surface area contributed by atoms with Crippen molar-refractivity contribution in [2.75, 3.05) is 6.54 Å². The van der Waals surface area contributed by atoms with Gasteiger partial charge in [-0.2, -0.15) is 13.2 Å². The van der Waals surface area contributed by atoms with Gasteiger partial charge in [-0.05, 0) is 24.1 Å². The highest BCUT2D eigenvalue weighted by Crippen LogP contribution is 2.29. The fourth-order valence-electron chi connectivity index (χ4n) is 2.67. The molecule has 3 atom stereocenters. The zero-order valence-electron chi connectivity index (χ0n) is 14.5. The SMILES string of the molecule is NCCC(NC(=O)N[C@@H](c1ccccc1)[C@H](O)c1ccccc1)C(F)(F)F. The number of carbonyl (C=O) groups is 1. The van der Waals surface area contributed by atoms with E-state index in [2.05, 4.69) is 5.32 Å². The Kier molecular flexibility index (Phi) is 7.20. The van der Waals surface area contributed by atoms with Crippen LogP contribution in [0.15, 0.2) is 60.7 Å². The first-order valence-corrected chi connectivity index (χ1v) is 8.44. The van der Waals surface area contributed by atoms with E-state index < -0.39 is 36.8 Å². The van der Waals surface area contributed by atoms with Gasteiger partial charge in [-0.3, -0.25) is 0 Å². The first kappa shape index (κ1) is 20.7. The van der Waals surface area contributed by atoms with Gasteiger partial charge in [0.1, 0.15) is 12.1 Å². The maximum Gasteiger partial charge on any atom is 0.408 e. The largest absolute Gasteiger partial charge is 0.408 e. The Morgan fingerprint density at radius 3 is 1.96 bits per heavy atom. The van der Waals surface area contributed by atoms with Crippen molar-refractivity contribution in [3.05, 3.63) is 71.8 Å². The summed E-state index contributed by atoms with van der Waals surface area (Å²) in [6, 6.07) is 13.1. The van der Waals surface area contributed by atoms with Gasteiger partial charge in [-0.15, -0.1) is 0 Å². The first-order valence-electron chi connectivity index (χ1n) is 8.44. The number of aliphatic hydroxyl groups is 1. The fourth-order valence-corrected chi connectivity index (χ4v) is 2.67. The second-order valence-electron chi connectivity index (χ2n) is 6.03. The topological polar surface area (TPSA) is 87.4 Å². The predicted molar refractivity (Wildman–Crippen MR) is 95.8 cm³/mol. The van der Waals surface area contributed by atoms with Crippen molar-refractivity contribution in [1.29, 1.82) is 0 Å². The quantitative estimate of drug-likeness (QED) is 0.595. The number of urea groups is 1. The van der Waals surface area contributed by atoms with Crippen LogP contribution in [0.3, 0.4) is 0 Å². The molecule has 2 aromatic carbocycles. The fraction of sp³-hybridized carbons (Fsp3) is 0.316. The van der Waals surface area contributed by atoms with Gasteiger partial charge >= 0.3 is 12.2 Å². The van der Waals surface area contributed by atoms with E-state index in [-0.39, 0.29) is 6.54 Å². The Balaban J connectivity index is 2.20. The highest BCUT2D eigenvalue weighted by Gasteiger charge is 2.40. The number of hydrogen-bond acceptors (Lipinski definition) is 3. The smallest absolute Gasteiger partial charge is 0.386 e. The molecule has 8 heteroatoms. The average molecular weight is 381 g/mol. The molecular weight excluding hydrogens is 359 g/mol. The lowest BCUT2D eigenvalue weighted by Crippen LogP contribution is -2.51. The van der Waals surface area contributed by atoms with Gasteiger partial charge in [0.25, 0.3) is 0 Å². The van der Waals surface area contributed by atoms with Crippen molar-refractivity contribution in [2.24, 2.45) is 5.73 Å². The number of carbonyl (C=O) groups excluding carboxylic acids is 1. The lowest BCUT2D eigenvalue weighted by molar-refractivity contribution is -0.154. The van der Waals surface area contributed by atoms with Gasteiger partial charge in [0.05, 0.1) is 6.04 Å². The molecule has 2 aromatic rings. The molecular formula is C19H22F3N3O2. The molecule has 0 aliphatic carbocycles. The highest BCUT2D eigenvalue weighted by atomic mass is 19.4. The normalized spacial score (nSPS) is 14.9. The molecule has 2 rings (SSSR count). The van der Waals surface area contributed by atoms with Crippen LogP contribution in [0.1, 0.15) is 29.7 Å². The van der Waals surface area contributed by atoms with E-state index in [4.69, 9.17) is 5.73 Å². The van der Waals surface area contributed by atoms with E-state index in [0.717, 1.165) is 0 Å². The van der Waals surface area contributed by atoms with E-state index in [1.54, 1.807) is 60.7 Å². The van der Waals surface area contributed by atoms with Crippen molar-refractivity contribution >= 4 is 6.03 Å². The summed E-state index contributed by atoms with van der Waals surface area (Å²) in [5.74, 6) is 0. The van der Waals surface area contributed by atoms with E-state index >= 15 is 0 Å². The maximum absolute atomic E-state index is 13.0. The van der Waals surface area contributed by atoms with E-state index in [1.807, 2.05) is 5.32 Å². The molecule has 0 bridgehead atoms. The Morgan fingerprint density at radius 2 is 1.48 bits per heavy atom. The predicted octanol–water partition coefficient (Wildman–Crippen LogP) is 3.04. The van der Waals surface area contributed by atoms with Crippen molar-refractivity contribution in [3.8, 4) is 0 Å². The van der Waals surface area contributed by atoms with Gasteiger partial charge in [0, 0.05) is 0 Å². The van der Waals surface area contributed by atoms with Gasteiger partial charge in [-0.25, -0.2) is 4.79 Å². The van der Waals surface area contributed by atoms with Crippen LogP contribution in [0.2, 0.25) is 0 Å². The third-order valence-corrected chi connectivity index (χ3v) is 4.06. The van der Waals surface area contributed by atoms with Crippen LogP contribution in [0.4, 0.5) is 18.0 Å². The number of alkyl halides is 3. The molecule has 0 aliphatic heterocycles. The molecule has 0 fully saturated rings. The number of nitrogens with one attached hydrogen (secondary N) is 2. The molecule has 5 N–H and O–H groups in total. The monoisotopic (exact) mass is 381 g/mol. The van der Waals surface area contributed by atoms with Crippen molar-refractivity contribution in [1.82, 2.24) is 10.6 Å². The van der Waals surface area contributed by atoms with Crippen LogP contribution in [-0.4, -0.2) is 29.9 Å². The van der Waals surface area contributed by atoms with Crippen LogP contribution >= 0.6 is 0 Å². The van der Waals surface area contributed by atoms with E-state index in [1.165, 1.54) is 0 Å². The number of aliphatic hydroxyl groups excluding tert-OH is 1. The molecule has 0 spiro atoms. The summed E-state index contributed by atoms with van der Waals surface area (Å²) in [4.78, 5) is 12.2. The summed E-state index contributed by atoms with van der Waals surface area (Å²) in [5, 5.41) is 15.0. The third-order valence-electron chi connectivity index (χ3n) is 4.06. The second-order valence-corrected chi connectivity index (χ2v) is 6.03. The van der Waals surface area contributed by atoms with Gasteiger partial charge in [-0.1, -0.05) is 60.7 Å². The van der Waals surface area contributed by atoms with E-state index in [9.17, 15) is 23.1 Å². The standard InChI is InChI=1S/C19H22F3N3O2/c20-19(21,22)15(11-12-23)24-18(27)25-16(13-7-3-1-4-8-13)17(26)14-9-5-2-6-10-14/h1-10,15-17,26H,11-12,23H2,(H2,24,25,27)/t15?,16-,17+/m0/s1. The molecule has 2 amide bonds. The minimum atomic E-state index is -4.61. The van der Waals surface area contributed by atoms with Gasteiger partial charge < -0.3 is 21.5 Å². The molecule has 0 heterocycles. The molecule has 0 aliphatic rings. The summed E-state index contributed by atoms with van der Waals surface area (Å²) in [5.41, 5.74) is 6.30. The molecule has 146 valence electrons. The van der Waals surface area contributed by atoms with Gasteiger partial charge in [0.15, 0.2) is 0 Å². The number of benzene rings is 2.